The topological polar surface area (TPSA) is 61.9 Å². The molecule has 0 unspecified atom stereocenters. The molecule has 1 aromatic rings. The molecule has 0 bridgehead atoms. The highest BCUT2D eigenvalue weighted by molar-refractivity contribution is 7.80. The number of esters is 1. The summed E-state index contributed by atoms with van der Waals surface area (Å²) in [5.41, 5.74) is 0.971. The molecule has 0 radical (unpaired) electrons. The largest absolute Gasteiger partial charge is 0.465 e. The van der Waals surface area contributed by atoms with Crippen LogP contribution in [0.3, 0.4) is 0 Å². The normalized spacial score (nSPS) is 10.9. The number of thiocarbonyl (C=S) groups is 1. The summed E-state index contributed by atoms with van der Waals surface area (Å²) in [5, 5.41) is 4.29. The quantitative estimate of drug-likeness (QED) is 0.541. The minimum atomic E-state index is -0.480. The number of rotatable bonds is 7. The molecule has 1 amide bonds. The zero-order valence-corrected chi connectivity index (χ0v) is 19.1. The lowest BCUT2D eigenvalue weighted by Crippen LogP contribution is -2.39. The summed E-state index contributed by atoms with van der Waals surface area (Å²) < 4.78 is 4.93. The van der Waals surface area contributed by atoms with Crippen molar-refractivity contribution < 1.29 is 14.3 Å². The number of anilines is 1. The van der Waals surface area contributed by atoms with Gasteiger partial charge in [-0.25, -0.2) is 4.79 Å². The number of nitrogens with one attached hydrogen (secondary N) is 1. The first-order valence-corrected chi connectivity index (χ1v) is 10.2. The Balaban J connectivity index is 3.26. The van der Waals surface area contributed by atoms with Gasteiger partial charge >= 0.3 is 5.97 Å². The Morgan fingerprint density at radius 1 is 1.15 bits per heavy atom. The van der Waals surface area contributed by atoms with E-state index in [1.165, 1.54) is 23.3 Å². The van der Waals surface area contributed by atoms with Crippen molar-refractivity contribution in [3.63, 3.8) is 0 Å². The summed E-state index contributed by atoms with van der Waals surface area (Å²) in [6, 6.07) is 0. The molecule has 1 heterocycles. The summed E-state index contributed by atoms with van der Waals surface area (Å²) in [6.07, 6.45) is 0. The zero-order chi connectivity index (χ0) is 20.9. The van der Waals surface area contributed by atoms with E-state index >= 15 is 0 Å². The number of carbonyl (C=O) groups excluding carboxylic acids is 2. The van der Waals surface area contributed by atoms with Crippen molar-refractivity contribution in [1.29, 1.82) is 0 Å². The molecule has 1 rings (SSSR count). The number of amides is 1. The van der Waals surface area contributed by atoms with Gasteiger partial charge in [0.15, 0.2) is 5.11 Å². The maximum Gasteiger partial charge on any atom is 0.341 e. The van der Waals surface area contributed by atoms with E-state index in [1.807, 2.05) is 0 Å². The van der Waals surface area contributed by atoms with Crippen molar-refractivity contribution in [1.82, 2.24) is 9.80 Å². The first-order chi connectivity index (χ1) is 12.5. The molecule has 27 heavy (non-hydrogen) atoms. The molecule has 0 spiro atoms. The van der Waals surface area contributed by atoms with Crippen molar-refractivity contribution >= 4 is 45.5 Å². The van der Waals surface area contributed by atoms with Gasteiger partial charge in [0, 0.05) is 27.2 Å². The van der Waals surface area contributed by atoms with Gasteiger partial charge in [-0.15, -0.1) is 11.3 Å². The van der Waals surface area contributed by atoms with E-state index in [1.54, 1.807) is 21.0 Å². The second-order valence-corrected chi connectivity index (χ2v) is 8.98. The van der Waals surface area contributed by atoms with Gasteiger partial charge in [0.25, 0.3) is 5.91 Å². The fourth-order valence-corrected chi connectivity index (χ4v) is 4.19. The zero-order valence-electron chi connectivity index (χ0n) is 17.5. The number of thiophene rings is 1. The fraction of sp³-hybridized carbons (Fsp3) is 0.632. The van der Waals surface area contributed by atoms with Crippen LogP contribution in [0.1, 0.15) is 53.3 Å². The third kappa shape index (κ3) is 6.17. The van der Waals surface area contributed by atoms with E-state index in [0.29, 0.717) is 38.0 Å². The summed E-state index contributed by atoms with van der Waals surface area (Å²) in [6.45, 7) is 11.9. The van der Waals surface area contributed by atoms with Gasteiger partial charge in [-0.1, -0.05) is 27.7 Å². The summed E-state index contributed by atoms with van der Waals surface area (Å²) in [7, 11) is 4.70. The van der Waals surface area contributed by atoms with Crippen molar-refractivity contribution in [2.24, 2.45) is 11.8 Å². The monoisotopic (exact) mass is 413 g/mol. The number of carbonyl (C=O) groups is 2. The fourth-order valence-electron chi connectivity index (χ4n) is 2.65. The maximum absolute atomic E-state index is 12.5. The Morgan fingerprint density at radius 2 is 1.67 bits per heavy atom. The summed E-state index contributed by atoms with van der Waals surface area (Å²) >= 11 is 6.85. The molecular formula is C19H31N3O3S2. The van der Waals surface area contributed by atoms with Gasteiger partial charge in [-0.3, -0.25) is 4.79 Å². The third-order valence-corrected chi connectivity index (χ3v) is 5.37. The lowest BCUT2D eigenvalue weighted by Gasteiger charge is -2.29. The van der Waals surface area contributed by atoms with Gasteiger partial charge in [0.2, 0.25) is 0 Å². The van der Waals surface area contributed by atoms with E-state index in [4.69, 9.17) is 17.0 Å². The highest BCUT2D eigenvalue weighted by Crippen LogP contribution is 2.34. The molecule has 0 saturated carbocycles. The molecular weight excluding hydrogens is 382 g/mol. The number of nitrogens with zero attached hydrogens (tertiary/aromatic N) is 2. The van der Waals surface area contributed by atoms with E-state index in [9.17, 15) is 9.59 Å². The molecule has 0 aromatic carbocycles. The molecule has 1 aromatic heterocycles. The Bertz CT molecular complexity index is 687. The van der Waals surface area contributed by atoms with Crippen LogP contribution in [-0.2, 0) is 4.74 Å². The first-order valence-electron chi connectivity index (χ1n) is 8.98. The Hall–Kier alpha value is -1.67. The number of hydrogen-bond donors (Lipinski definition) is 1. The summed E-state index contributed by atoms with van der Waals surface area (Å²) in [4.78, 5) is 28.9. The van der Waals surface area contributed by atoms with E-state index in [-0.39, 0.29) is 5.91 Å². The van der Waals surface area contributed by atoms with Crippen molar-refractivity contribution in [3.8, 4) is 0 Å². The van der Waals surface area contributed by atoms with Crippen LogP contribution < -0.4 is 5.32 Å². The maximum atomic E-state index is 12.5. The first kappa shape index (κ1) is 23.4. The smallest absolute Gasteiger partial charge is 0.341 e. The predicted octanol–water partition coefficient (Wildman–Crippen LogP) is 3.86. The van der Waals surface area contributed by atoms with Crippen LogP contribution in [0, 0.1) is 18.8 Å². The molecule has 0 aliphatic carbocycles. The predicted molar refractivity (Wildman–Crippen MR) is 116 cm³/mol. The second-order valence-electron chi connectivity index (χ2n) is 7.57. The Morgan fingerprint density at radius 3 is 2.07 bits per heavy atom. The lowest BCUT2D eigenvalue weighted by atomic mass is 10.1. The van der Waals surface area contributed by atoms with Crippen LogP contribution in [0.5, 0.6) is 0 Å². The SMILES string of the molecule is COC(=O)c1c(NC(=S)N(CC(C)C)CC(C)C)sc(C(=O)N(C)C)c1C. The minimum Gasteiger partial charge on any atom is -0.465 e. The van der Waals surface area contributed by atoms with Crippen molar-refractivity contribution in [2.75, 3.05) is 39.6 Å². The number of methoxy groups -OCH3 is 1. The van der Waals surface area contributed by atoms with Crippen LogP contribution in [0.25, 0.3) is 0 Å². The second kappa shape index (κ2) is 10.0. The average molecular weight is 414 g/mol. The van der Waals surface area contributed by atoms with Crippen molar-refractivity contribution in [2.45, 2.75) is 34.6 Å². The van der Waals surface area contributed by atoms with Gasteiger partial charge in [0.05, 0.1) is 17.6 Å². The van der Waals surface area contributed by atoms with E-state index in [0.717, 1.165) is 13.1 Å². The van der Waals surface area contributed by atoms with Gasteiger partial charge in [0.1, 0.15) is 5.00 Å². The van der Waals surface area contributed by atoms with Crippen LogP contribution in [0.2, 0.25) is 0 Å². The summed E-state index contributed by atoms with van der Waals surface area (Å²) in [5.74, 6) is 0.257. The van der Waals surface area contributed by atoms with Gasteiger partial charge < -0.3 is 19.9 Å². The average Bonchev–Trinajstić information content (AvgIpc) is 2.87. The van der Waals surface area contributed by atoms with Gasteiger partial charge in [-0.05, 0) is 36.5 Å². The molecule has 0 atom stereocenters. The Labute approximate surface area is 171 Å². The van der Waals surface area contributed by atoms with Crippen LogP contribution in [0.4, 0.5) is 5.00 Å². The molecule has 8 heteroatoms. The van der Waals surface area contributed by atoms with E-state index in [2.05, 4.69) is 37.9 Å². The molecule has 1 N–H and O–H groups in total. The molecule has 0 fully saturated rings. The van der Waals surface area contributed by atoms with Gasteiger partial charge in [-0.2, -0.15) is 0 Å². The number of ether oxygens (including phenoxy) is 1. The lowest BCUT2D eigenvalue weighted by molar-refractivity contribution is 0.0601. The van der Waals surface area contributed by atoms with Crippen LogP contribution >= 0.6 is 23.6 Å². The minimum absolute atomic E-state index is 0.150. The van der Waals surface area contributed by atoms with Crippen molar-refractivity contribution in [3.05, 3.63) is 16.0 Å². The Kier molecular flexibility index (Phi) is 8.68. The standard InChI is InChI=1S/C19H31N3O3S2/c1-11(2)9-22(10-12(3)4)19(26)20-16-14(18(24)25-8)13(5)15(27-16)17(23)21(6)7/h11-12H,9-10H2,1-8H3,(H,20,26). The third-order valence-electron chi connectivity index (χ3n) is 3.82. The molecule has 0 aliphatic rings. The van der Waals surface area contributed by atoms with E-state index < -0.39 is 5.97 Å². The van der Waals surface area contributed by atoms with Crippen LogP contribution in [0.15, 0.2) is 0 Å². The molecule has 0 saturated heterocycles. The van der Waals surface area contributed by atoms with Crippen LogP contribution in [-0.4, -0.2) is 61.1 Å². The molecule has 0 aliphatic heterocycles. The number of hydrogen-bond acceptors (Lipinski definition) is 5. The molecule has 152 valence electrons. The molecule has 6 nitrogen and oxygen atoms in total. The highest BCUT2D eigenvalue weighted by atomic mass is 32.1. The highest BCUT2D eigenvalue weighted by Gasteiger charge is 2.27.